The van der Waals surface area contributed by atoms with Crippen molar-refractivity contribution in [3.05, 3.63) is 206 Å². The Morgan fingerprint density at radius 2 is 0.905 bits per heavy atom. The molecule has 4 aromatic heterocycles. The molecule has 292 valence electrons. The lowest BCUT2D eigenvalue weighted by atomic mass is 9.98. The minimum atomic E-state index is 0.864. The van der Waals surface area contributed by atoms with E-state index in [0.29, 0.717) is 0 Å². The topological polar surface area (TPSA) is 35.6 Å². The van der Waals surface area contributed by atoms with Crippen molar-refractivity contribution in [3.63, 3.8) is 0 Å². The zero-order valence-electron chi connectivity index (χ0n) is 33.8. The van der Waals surface area contributed by atoms with Crippen LogP contribution in [0.25, 0.3) is 130 Å². The Hall–Kier alpha value is -8.12. The molecule has 63 heavy (non-hydrogen) atoms. The van der Waals surface area contributed by atoms with Crippen molar-refractivity contribution in [1.82, 2.24) is 19.1 Å². The fraction of sp³-hybridized carbons (Fsp3) is 0. The molecule has 0 aliphatic rings. The van der Waals surface area contributed by atoms with Crippen LogP contribution in [0.15, 0.2) is 206 Å². The zero-order valence-corrected chi connectivity index (χ0v) is 34.6. The summed E-state index contributed by atoms with van der Waals surface area (Å²) in [6, 6.07) is 75.0. The number of benzene rings is 10. The number of thiophene rings is 1. The van der Waals surface area contributed by atoms with Crippen LogP contribution < -0.4 is 0 Å². The molecule has 0 aliphatic heterocycles. The molecule has 0 saturated carbocycles. The standard InChI is InChI=1S/C58H34N4S/c1-2-14-41-36(13-1)29-39(58-57(59-48-19-7-8-20-49(48)60-58)37-26-28-46-45-18-6-12-24-55(45)63-56(46)34-37)33-53(41)62-52-23-11-5-17-44(52)47-31-35-25-27-40(30-38(35)32-54(47)62)61-50-21-9-3-15-42(50)43-16-4-10-22-51(43)61/h1-34H. The largest absolute Gasteiger partial charge is 0.309 e. The molecule has 0 saturated heterocycles. The van der Waals surface area contributed by atoms with Gasteiger partial charge in [-0.2, -0.15) is 0 Å². The summed E-state index contributed by atoms with van der Waals surface area (Å²) in [6.45, 7) is 0. The van der Waals surface area contributed by atoms with E-state index in [9.17, 15) is 0 Å². The highest BCUT2D eigenvalue weighted by Crippen LogP contribution is 2.43. The number of aromatic nitrogens is 4. The fourth-order valence-corrected chi connectivity index (χ4v) is 11.3. The molecule has 5 heteroatoms. The first-order valence-electron chi connectivity index (χ1n) is 21.4. The minimum absolute atomic E-state index is 0.864. The van der Waals surface area contributed by atoms with Crippen molar-refractivity contribution >= 4 is 108 Å². The van der Waals surface area contributed by atoms with Crippen LogP contribution in [0.3, 0.4) is 0 Å². The van der Waals surface area contributed by atoms with Gasteiger partial charge >= 0.3 is 0 Å². The third-order valence-electron chi connectivity index (χ3n) is 13.0. The lowest BCUT2D eigenvalue weighted by molar-refractivity contribution is 1.18. The molecule has 0 aliphatic carbocycles. The van der Waals surface area contributed by atoms with E-state index in [-0.39, 0.29) is 0 Å². The van der Waals surface area contributed by atoms with Crippen molar-refractivity contribution < 1.29 is 0 Å². The number of rotatable bonds is 4. The maximum Gasteiger partial charge on any atom is 0.0974 e. The van der Waals surface area contributed by atoms with Gasteiger partial charge in [0.25, 0.3) is 0 Å². The quantitative estimate of drug-likeness (QED) is 0.177. The van der Waals surface area contributed by atoms with Gasteiger partial charge in [-0.15, -0.1) is 11.3 Å². The first-order chi connectivity index (χ1) is 31.2. The second-order valence-corrected chi connectivity index (χ2v) is 17.6. The second-order valence-electron chi connectivity index (χ2n) is 16.6. The maximum atomic E-state index is 5.45. The Morgan fingerprint density at radius 1 is 0.317 bits per heavy atom. The van der Waals surface area contributed by atoms with Gasteiger partial charge in [-0.3, -0.25) is 0 Å². The van der Waals surface area contributed by atoms with Gasteiger partial charge in [0.1, 0.15) is 0 Å². The Bertz CT molecular complexity index is 4170. The molecule has 4 nitrogen and oxygen atoms in total. The number of hydrogen-bond donors (Lipinski definition) is 0. The normalized spacial score (nSPS) is 12.1. The highest BCUT2D eigenvalue weighted by molar-refractivity contribution is 7.25. The summed E-state index contributed by atoms with van der Waals surface area (Å²) in [5.74, 6) is 0. The van der Waals surface area contributed by atoms with E-state index in [1.165, 1.54) is 68.9 Å². The monoisotopic (exact) mass is 818 g/mol. The van der Waals surface area contributed by atoms with Gasteiger partial charge in [0.15, 0.2) is 0 Å². The predicted molar refractivity (Wildman–Crippen MR) is 267 cm³/mol. The number of hydrogen-bond acceptors (Lipinski definition) is 3. The van der Waals surface area contributed by atoms with E-state index in [2.05, 4.69) is 203 Å². The number of para-hydroxylation sites is 5. The molecule has 0 spiro atoms. The van der Waals surface area contributed by atoms with Crippen molar-refractivity contribution in [3.8, 4) is 33.9 Å². The minimum Gasteiger partial charge on any atom is -0.309 e. The molecule has 0 atom stereocenters. The summed E-state index contributed by atoms with van der Waals surface area (Å²) in [5, 5.41) is 12.2. The first kappa shape index (κ1) is 34.6. The molecule has 10 aromatic carbocycles. The van der Waals surface area contributed by atoms with Crippen LogP contribution in [0.4, 0.5) is 0 Å². The van der Waals surface area contributed by atoms with E-state index in [1.54, 1.807) is 0 Å². The van der Waals surface area contributed by atoms with Crippen molar-refractivity contribution in [2.45, 2.75) is 0 Å². The average Bonchev–Trinajstić information content (AvgIpc) is 3.99. The smallest absolute Gasteiger partial charge is 0.0974 e. The van der Waals surface area contributed by atoms with E-state index in [4.69, 9.17) is 9.97 Å². The van der Waals surface area contributed by atoms with Crippen LogP contribution in [0, 0.1) is 0 Å². The van der Waals surface area contributed by atoms with Gasteiger partial charge in [-0.25, -0.2) is 9.97 Å². The van der Waals surface area contributed by atoms with Gasteiger partial charge < -0.3 is 9.13 Å². The van der Waals surface area contributed by atoms with E-state index in [0.717, 1.165) is 61.3 Å². The summed E-state index contributed by atoms with van der Waals surface area (Å²) in [5.41, 5.74) is 12.5. The first-order valence-corrected chi connectivity index (χ1v) is 22.2. The Labute approximate surface area is 365 Å². The summed E-state index contributed by atoms with van der Waals surface area (Å²) in [4.78, 5) is 10.8. The number of fused-ring (bicyclic) bond motifs is 12. The molecule has 0 N–H and O–H groups in total. The molecule has 14 aromatic rings. The molecule has 0 amide bonds. The van der Waals surface area contributed by atoms with Crippen LogP contribution >= 0.6 is 11.3 Å². The molecule has 0 unspecified atom stereocenters. The highest BCUT2D eigenvalue weighted by Gasteiger charge is 2.21. The van der Waals surface area contributed by atoms with Gasteiger partial charge in [0, 0.05) is 63.9 Å². The van der Waals surface area contributed by atoms with Crippen LogP contribution in [-0.2, 0) is 0 Å². The Balaban J connectivity index is 1.02. The zero-order chi connectivity index (χ0) is 41.2. The van der Waals surface area contributed by atoms with E-state index in [1.807, 2.05) is 23.5 Å². The van der Waals surface area contributed by atoms with Crippen LogP contribution in [0.2, 0.25) is 0 Å². The average molecular weight is 819 g/mol. The molecule has 0 radical (unpaired) electrons. The van der Waals surface area contributed by atoms with Crippen LogP contribution in [0.5, 0.6) is 0 Å². The number of nitrogens with zero attached hydrogens (tertiary/aromatic N) is 4. The molecule has 14 rings (SSSR count). The van der Waals surface area contributed by atoms with Crippen molar-refractivity contribution in [2.24, 2.45) is 0 Å². The fourth-order valence-electron chi connectivity index (χ4n) is 10.2. The van der Waals surface area contributed by atoms with Crippen molar-refractivity contribution in [1.29, 1.82) is 0 Å². The van der Waals surface area contributed by atoms with E-state index >= 15 is 0 Å². The molecular weight excluding hydrogens is 785 g/mol. The van der Waals surface area contributed by atoms with Gasteiger partial charge in [-0.1, -0.05) is 127 Å². The molecule has 0 bridgehead atoms. The van der Waals surface area contributed by atoms with E-state index < -0.39 is 0 Å². The van der Waals surface area contributed by atoms with Crippen molar-refractivity contribution in [2.75, 3.05) is 0 Å². The summed E-state index contributed by atoms with van der Waals surface area (Å²) < 4.78 is 7.41. The van der Waals surface area contributed by atoms with Gasteiger partial charge in [-0.05, 0) is 95.0 Å². The lowest BCUT2D eigenvalue weighted by Gasteiger charge is -2.16. The molecule has 4 heterocycles. The molecule has 0 fully saturated rings. The summed E-state index contributed by atoms with van der Waals surface area (Å²) in [7, 11) is 0. The predicted octanol–water partition coefficient (Wildman–Crippen LogP) is 15.8. The Morgan fingerprint density at radius 3 is 1.65 bits per heavy atom. The summed E-state index contributed by atoms with van der Waals surface area (Å²) >= 11 is 1.83. The highest BCUT2D eigenvalue weighted by atomic mass is 32.1. The SMILES string of the molecule is c1ccc2c(-n3c4ccccc4c4cc5ccc(-n6c7ccccc7c7ccccc76)cc5cc43)cc(-c3nc4ccccc4nc3-c3ccc4c(c3)sc3ccccc34)cc2c1. The van der Waals surface area contributed by atoms with Crippen LogP contribution in [-0.4, -0.2) is 19.1 Å². The van der Waals surface area contributed by atoms with Gasteiger partial charge in [0.05, 0.1) is 50.2 Å². The van der Waals surface area contributed by atoms with Gasteiger partial charge in [0.2, 0.25) is 0 Å². The van der Waals surface area contributed by atoms with Crippen LogP contribution in [0.1, 0.15) is 0 Å². The summed E-state index contributed by atoms with van der Waals surface area (Å²) in [6.07, 6.45) is 0. The molecular formula is C58H34N4S. The third kappa shape index (κ3) is 5.15. The third-order valence-corrected chi connectivity index (χ3v) is 14.2. The maximum absolute atomic E-state index is 5.45. The second kappa shape index (κ2) is 13.2. The lowest BCUT2D eigenvalue weighted by Crippen LogP contribution is -1.99. The Kier molecular flexibility index (Phi) is 7.24.